The van der Waals surface area contributed by atoms with Gasteiger partial charge in [0.25, 0.3) is 0 Å². The highest BCUT2D eigenvalue weighted by Crippen LogP contribution is 2.27. The highest BCUT2D eigenvalue weighted by Gasteiger charge is 2.31. The number of amides is 2. The summed E-state index contributed by atoms with van der Waals surface area (Å²) in [6, 6.07) is 24.1. The van der Waals surface area contributed by atoms with Crippen molar-refractivity contribution >= 4 is 35.0 Å². The van der Waals surface area contributed by atoms with Crippen molar-refractivity contribution in [1.82, 2.24) is 10.2 Å². The molecule has 6 heteroatoms. The topological polar surface area (TPSA) is 49.4 Å². The number of benzene rings is 3. The van der Waals surface area contributed by atoms with Crippen molar-refractivity contribution in [1.29, 1.82) is 0 Å². The number of carbonyl (C=O) groups is 2. The summed E-state index contributed by atoms with van der Waals surface area (Å²) < 4.78 is 0. The van der Waals surface area contributed by atoms with E-state index in [4.69, 9.17) is 23.2 Å². The van der Waals surface area contributed by atoms with Crippen molar-refractivity contribution in [3.05, 3.63) is 106 Å². The summed E-state index contributed by atoms with van der Waals surface area (Å²) in [6.45, 7) is 3.96. The number of aryl methyl sites for hydroxylation is 1. The van der Waals surface area contributed by atoms with E-state index in [1.54, 1.807) is 23.1 Å². The first kappa shape index (κ1) is 25.8. The van der Waals surface area contributed by atoms with Crippen molar-refractivity contribution in [2.75, 3.05) is 0 Å². The molecule has 0 radical (unpaired) electrons. The van der Waals surface area contributed by atoms with Crippen LogP contribution in [0.5, 0.6) is 0 Å². The molecular weight excluding hydrogens is 467 g/mol. The molecule has 3 aromatic carbocycles. The molecule has 0 fully saturated rings. The first-order valence-electron chi connectivity index (χ1n) is 11.5. The Balaban J connectivity index is 1.95. The van der Waals surface area contributed by atoms with E-state index in [2.05, 4.69) is 5.32 Å². The van der Waals surface area contributed by atoms with E-state index in [0.717, 1.165) is 11.1 Å². The molecule has 1 N–H and O–H groups in total. The predicted octanol–water partition coefficient (Wildman–Crippen LogP) is 6.09. The number of rotatable bonds is 10. The number of hydrogen-bond donors (Lipinski definition) is 1. The molecule has 3 aromatic rings. The van der Waals surface area contributed by atoms with E-state index in [9.17, 15) is 9.59 Å². The molecule has 178 valence electrons. The van der Waals surface area contributed by atoms with Gasteiger partial charge < -0.3 is 10.2 Å². The van der Waals surface area contributed by atoms with Crippen LogP contribution >= 0.6 is 23.2 Å². The van der Waals surface area contributed by atoms with Crippen LogP contribution in [0.1, 0.15) is 37.0 Å². The molecule has 0 aliphatic carbocycles. The Kier molecular flexibility index (Phi) is 9.55. The standard InChI is InChI=1S/C28H30Cl2N2O2/c1-20(2)31-28(34)26(18-22-12-7-4-8-13-22)32(19-23-24(29)14-9-15-25(23)30)27(33)17-16-21-10-5-3-6-11-21/h3-15,20,26H,16-19H2,1-2H3,(H,31,34)/t26-/m0/s1. The minimum absolute atomic E-state index is 0.0593. The third-order valence-electron chi connectivity index (χ3n) is 5.56. The molecular formula is C28H30Cl2N2O2. The van der Waals surface area contributed by atoms with Crippen molar-refractivity contribution in [3.8, 4) is 0 Å². The van der Waals surface area contributed by atoms with Crippen LogP contribution in [0.3, 0.4) is 0 Å². The third-order valence-corrected chi connectivity index (χ3v) is 6.27. The van der Waals surface area contributed by atoms with Gasteiger partial charge in [0.2, 0.25) is 11.8 Å². The molecule has 0 spiro atoms. The molecule has 0 heterocycles. The molecule has 0 saturated heterocycles. The van der Waals surface area contributed by atoms with Gasteiger partial charge in [0.1, 0.15) is 6.04 Å². The summed E-state index contributed by atoms with van der Waals surface area (Å²) in [4.78, 5) is 28.6. The maximum Gasteiger partial charge on any atom is 0.243 e. The van der Waals surface area contributed by atoms with Crippen molar-refractivity contribution in [2.24, 2.45) is 0 Å². The zero-order chi connectivity index (χ0) is 24.5. The molecule has 0 saturated carbocycles. The van der Waals surface area contributed by atoms with Gasteiger partial charge in [0, 0.05) is 41.0 Å². The molecule has 0 aromatic heterocycles. The van der Waals surface area contributed by atoms with E-state index >= 15 is 0 Å². The predicted molar refractivity (Wildman–Crippen MR) is 139 cm³/mol. The summed E-state index contributed by atoms with van der Waals surface area (Å²) in [7, 11) is 0. The maximum atomic E-state index is 13.6. The van der Waals surface area contributed by atoms with Gasteiger partial charge in [0.15, 0.2) is 0 Å². The van der Waals surface area contributed by atoms with Gasteiger partial charge in [-0.15, -0.1) is 0 Å². The molecule has 4 nitrogen and oxygen atoms in total. The molecule has 0 bridgehead atoms. The normalized spacial score (nSPS) is 11.8. The molecule has 0 aliphatic rings. The Morgan fingerprint density at radius 2 is 1.38 bits per heavy atom. The Labute approximate surface area is 211 Å². The fraction of sp³-hybridized carbons (Fsp3) is 0.286. The number of hydrogen-bond acceptors (Lipinski definition) is 2. The smallest absolute Gasteiger partial charge is 0.243 e. The van der Waals surface area contributed by atoms with Crippen LogP contribution < -0.4 is 5.32 Å². The van der Waals surface area contributed by atoms with E-state index < -0.39 is 6.04 Å². The van der Waals surface area contributed by atoms with Crippen molar-refractivity contribution < 1.29 is 9.59 Å². The molecule has 2 amide bonds. The molecule has 0 unspecified atom stereocenters. The summed E-state index contributed by atoms with van der Waals surface area (Å²) >= 11 is 12.9. The Morgan fingerprint density at radius 1 is 0.824 bits per heavy atom. The maximum absolute atomic E-state index is 13.6. The highest BCUT2D eigenvalue weighted by atomic mass is 35.5. The lowest BCUT2D eigenvalue weighted by atomic mass is 10.0. The van der Waals surface area contributed by atoms with Crippen LogP contribution in [0.25, 0.3) is 0 Å². The summed E-state index contributed by atoms with van der Waals surface area (Å²) in [5.74, 6) is -0.324. The number of nitrogens with one attached hydrogen (secondary N) is 1. The number of halogens is 2. The van der Waals surface area contributed by atoms with Gasteiger partial charge in [-0.2, -0.15) is 0 Å². The summed E-state index contributed by atoms with van der Waals surface area (Å²) in [6.07, 6.45) is 1.24. The number of nitrogens with zero attached hydrogens (tertiary/aromatic N) is 1. The van der Waals surface area contributed by atoms with Gasteiger partial charge >= 0.3 is 0 Å². The monoisotopic (exact) mass is 496 g/mol. The van der Waals surface area contributed by atoms with Crippen LogP contribution in [0, 0.1) is 0 Å². The SMILES string of the molecule is CC(C)NC(=O)[C@H](Cc1ccccc1)N(Cc1c(Cl)cccc1Cl)C(=O)CCc1ccccc1. The second-order valence-electron chi connectivity index (χ2n) is 8.58. The second-order valence-corrected chi connectivity index (χ2v) is 9.39. The zero-order valence-electron chi connectivity index (χ0n) is 19.5. The van der Waals surface area contributed by atoms with Crippen LogP contribution in [0.4, 0.5) is 0 Å². The molecule has 1 atom stereocenters. The van der Waals surface area contributed by atoms with Gasteiger partial charge in [0.05, 0.1) is 0 Å². The molecule has 3 rings (SSSR count). The van der Waals surface area contributed by atoms with E-state index in [-0.39, 0.29) is 30.8 Å². The van der Waals surface area contributed by atoms with Gasteiger partial charge in [-0.3, -0.25) is 9.59 Å². The van der Waals surface area contributed by atoms with Crippen LogP contribution in [0.2, 0.25) is 10.0 Å². The van der Waals surface area contributed by atoms with Crippen LogP contribution in [0.15, 0.2) is 78.9 Å². The molecule has 34 heavy (non-hydrogen) atoms. The first-order chi connectivity index (χ1) is 16.3. The van der Waals surface area contributed by atoms with E-state index in [1.165, 1.54) is 0 Å². The van der Waals surface area contributed by atoms with E-state index in [0.29, 0.717) is 28.5 Å². The first-order valence-corrected chi connectivity index (χ1v) is 12.2. The minimum atomic E-state index is -0.708. The van der Waals surface area contributed by atoms with Gasteiger partial charge in [-0.1, -0.05) is 89.9 Å². The lowest BCUT2D eigenvalue weighted by Gasteiger charge is -2.32. The Hall–Kier alpha value is -2.82. The quantitative estimate of drug-likeness (QED) is 0.369. The summed E-state index contributed by atoms with van der Waals surface area (Å²) in [5, 5.41) is 3.93. The summed E-state index contributed by atoms with van der Waals surface area (Å²) in [5.41, 5.74) is 2.67. The average Bonchev–Trinajstić information content (AvgIpc) is 2.82. The highest BCUT2D eigenvalue weighted by molar-refractivity contribution is 6.36. The lowest BCUT2D eigenvalue weighted by Crippen LogP contribution is -2.51. The van der Waals surface area contributed by atoms with Gasteiger partial charge in [-0.25, -0.2) is 0 Å². The van der Waals surface area contributed by atoms with Crippen molar-refractivity contribution in [3.63, 3.8) is 0 Å². The fourth-order valence-corrected chi connectivity index (χ4v) is 4.34. The second kappa shape index (κ2) is 12.6. The van der Waals surface area contributed by atoms with Crippen LogP contribution in [-0.2, 0) is 29.0 Å². The fourth-order valence-electron chi connectivity index (χ4n) is 3.83. The van der Waals surface area contributed by atoms with Gasteiger partial charge in [-0.05, 0) is 43.5 Å². The zero-order valence-corrected chi connectivity index (χ0v) is 21.0. The molecule has 0 aliphatic heterocycles. The Morgan fingerprint density at radius 3 is 1.94 bits per heavy atom. The number of carbonyl (C=O) groups excluding carboxylic acids is 2. The van der Waals surface area contributed by atoms with E-state index in [1.807, 2.05) is 74.5 Å². The van der Waals surface area contributed by atoms with Crippen LogP contribution in [-0.4, -0.2) is 28.8 Å². The minimum Gasteiger partial charge on any atom is -0.352 e. The largest absolute Gasteiger partial charge is 0.352 e. The Bertz CT molecular complexity index is 1070. The average molecular weight is 497 g/mol. The van der Waals surface area contributed by atoms with Crippen molar-refractivity contribution in [2.45, 2.75) is 51.7 Å². The lowest BCUT2D eigenvalue weighted by molar-refractivity contribution is -0.141. The third kappa shape index (κ3) is 7.34.